The van der Waals surface area contributed by atoms with E-state index in [1.54, 1.807) is 7.11 Å². The fourth-order valence-corrected chi connectivity index (χ4v) is 2.70. The second-order valence-electron chi connectivity index (χ2n) is 5.69. The highest BCUT2D eigenvalue weighted by atomic mass is 16.5. The van der Waals surface area contributed by atoms with Crippen LogP contribution in [0.15, 0.2) is 0 Å². The van der Waals surface area contributed by atoms with Crippen molar-refractivity contribution in [1.29, 1.82) is 0 Å². The minimum absolute atomic E-state index is 0.419. The summed E-state index contributed by atoms with van der Waals surface area (Å²) in [4.78, 5) is 8.70. The first-order valence-corrected chi connectivity index (χ1v) is 7.64. The van der Waals surface area contributed by atoms with Crippen LogP contribution in [0, 0.1) is 12.8 Å². The Morgan fingerprint density at radius 3 is 2.71 bits per heavy atom. The molecule has 1 aromatic heterocycles. The molecule has 1 fully saturated rings. The molecule has 1 aliphatic rings. The lowest BCUT2D eigenvalue weighted by atomic mass is 9.86. The lowest BCUT2D eigenvalue weighted by Gasteiger charge is -2.30. The number of hydrogen-bond donors (Lipinski definition) is 2. The maximum absolute atomic E-state index is 6.14. The molecule has 2 atom stereocenters. The molecule has 0 bridgehead atoms. The standard InChI is InChI=1S/C15H26N4O2/c1-10-6-4-5-7-12(10)19-14-13(16)15(18-11(2)17-14)21-9-8-20-3/h10,12H,4-9,16H2,1-3H3,(H,17,18,19). The van der Waals surface area contributed by atoms with E-state index in [1.807, 2.05) is 6.92 Å². The summed E-state index contributed by atoms with van der Waals surface area (Å²) in [6.07, 6.45) is 4.97. The number of methoxy groups -OCH3 is 1. The molecule has 6 nitrogen and oxygen atoms in total. The Morgan fingerprint density at radius 2 is 2.00 bits per heavy atom. The van der Waals surface area contributed by atoms with Crippen LogP contribution < -0.4 is 15.8 Å². The van der Waals surface area contributed by atoms with Crippen LogP contribution in [0.4, 0.5) is 11.5 Å². The van der Waals surface area contributed by atoms with E-state index in [-0.39, 0.29) is 0 Å². The van der Waals surface area contributed by atoms with Crippen LogP contribution in [-0.2, 0) is 4.74 Å². The topological polar surface area (TPSA) is 82.3 Å². The number of aromatic nitrogens is 2. The second-order valence-corrected chi connectivity index (χ2v) is 5.69. The quantitative estimate of drug-likeness (QED) is 0.784. The predicted octanol–water partition coefficient (Wildman–Crippen LogP) is 2.38. The van der Waals surface area contributed by atoms with Crippen molar-refractivity contribution in [3.05, 3.63) is 5.82 Å². The molecule has 0 aromatic carbocycles. The third-order valence-corrected chi connectivity index (χ3v) is 3.98. The van der Waals surface area contributed by atoms with Gasteiger partial charge in [-0.2, -0.15) is 4.98 Å². The molecule has 2 rings (SSSR count). The molecular weight excluding hydrogens is 268 g/mol. The summed E-state index contributed by atoms with van der Waals surface area (Å²) in [5.74, 6) is 2.41. The van der Waals surface area contributed by atoms with Gasteiger partial charge in [0.1, 0.15) is 18.1 Å². The number of nitrogens with two attached hydrogens (primary N) is 1. The van der Waals surface area contributed by atoms with Gasteiger partial charge in [-0.15, -0.1) is 0 Å². The number of nitrogens with one attached hydrogen (secondary N) is 1. The van der Waals surface area contributed by atoms with Gasteiger partial charge in [-0.1, -0.05) is 19.8 Å². The first kappa shape index (κ1) is 15.8. The molecule has 118 valence electrons. The molecule has 1 heterocycles. The van der Waals surface area contributed by atoms with Crippen molar-refractivity contribution in [3.63, 3.8) is 0 Å². The Morgan fingerprint density at radius 1 is 1.24 bits per heavy atom. The van der Waals surface area contributed by atoms with E-state index in [2.05, 4.69) is 22.2 Å². The van der Waals surface area contributed by atoms with Crippen molar-refractivity contribution >= 4 is 11.5 Å². The highest BCUT2D eigenvalue weighted by molar-refractivity contribution is 5.67. The number of nitrogen functional groups attached to an aromatic ring is 1. The number of ether oxygens (including phenoxy) is 2. The SMILES string of the molecule is COCCOc1nc(C)nc(NC2CCCCC2C)c1N. The number of rotatable bonds is 6. The van der Waals surface area contributed by atoms with Crippen molar-refractivity contribution in [1.82, 2.24) is 9.97 Å². The Bertz CT molecular complexity index is 467. The van der Waals surface area contributed by atoms with Gasteiger partial charge in [0, 0.05) is 13.2 Å². The predicted molar refractivity (Wildman–Crippen MR) is 83.6 cm³/mol. The monoisotopic (exact) mass is 294 g/mol. The zero-order valence-electron chi connectivity index (χ0n) is 13.2. The fourth-order valence-electron chi connectivity index (χ4n) is 2.70. The van der Waals surface area contributed by atoms with Gasteiger partial charge in [-0.25, -0.2) is 4.98 Å². The number of anilines is 2. The maximum atomic E-state index is 6.14. The summed E-state index contributed by atoms with van der Waals surface area (Å²) in [6, 6.07) is 0.419. The molecule has 0 aliphatic heterocycles. The summed E-state index contributed by atoms with van der Waals surface area (Å²) >= 11 is 0. The van der Waals surface area contributed by atoms with Crippen LogP contribution >= 0.6 is 0 Å². The molecule has 1 saturated carbocycles. The molecule has 6 heteroatoms. The van der Waals surface area contributed by atoms with Crippen LogP contribution in [0.3, 0.4) is 0 Å². The lowest BCUT2D eigenvalue weighted by molar-refractivity contribution is 0.144. The normalized spacial score (nSPS) is 22.0. The van der Waals surface area contributed by atoms with E-state index in [4.69, 9.17) is 15.2 Å². The Kier molecular flexibility index (Phi) is 5.61. The first-order valence-electron chi connectivity index (χ1n) is 7.64. The molecule has 0 saturated heterocycles. The van der Waals surface area contributed by atoms with Crippen LogP contribution in [0.2, 0.25) is 0 Å². The van der Waals surface area contributed by atoms with Gasteiger partial charge in [0.05, 0.1) is 6.61 Å². The van der Waals surface area contributed by atoms with Crippen LogP contribution in [-0.4, -0.2) is 36.3 Å². The summed E-state index contributed by atoms with van der Waals surface area (Å²) in [5.41, 5.74) is 6.62. The summed E-state index contributed by atoms with van der Waals surface area (Å²) in [5, 5.41) is 3.48. The van der Waals surface area contributed by atoms with E-state index in [1.165, 1.54) is 19.3 Å². The van der Waals surface area contributed by atoms with Gasteiger partial charge in [0.15, 0.2) is 5.82 Å². The highest BCUT2D eigenvalue weighted by Crippen LogP contribution is 2.31. The lowest BCUT2D eigenvalue weighted by Crippen LogP contribution is -2.31. The zero-order chi connectivity index (χ0) is 15.2. The van der Waals surface area contributed by atoms with E-state index in [9.17, 15) is 0 Å². The van der Waals surface area contributed by atoms with Gasteiger partial charge >= 0.3 is 0 Å². The largest absolute Gasteiger partial charge is 0.474 e. The number of hydrogen-bond acceptors (Lipinski definition) is 6. The van der Waals surface area contributed by atoms with Gasteiger partial charge in [0.25, 0.3) is 0 Å². The smallest absolute Gasteiger partial charge is 0.242 e. The molecule has 2 unspecified atom stereocenters. The fraction of sp³-hybridized carbons (Fsp3) is 0.733. The average molecular weight is 294 g/mol. The first-order chi connectivity index (χ1) is 10.1. The summed E-state index contributed by atoms with van der Waals surface area (Å²) < 4.78 is 10.5. The molecule has 0 amide bonds. The van der Waals surface area contributed by atoms with Gasteiger partial charge in [-0.05, 0) is 25.7 Å². The van der Waals surface area contributed by atoms with Gasteiger partial charge in [-0.3, -0.25) is 0 Å². The minimum atomic E-state index is 0.419. The van der Waals surface area contributed by atoms with Crippen molar-refractivity contribution in [2.24, 2.45) is 5.92 Å². The van der Waals surface area contributed by atoms with Crippen molar-refractivity contribution in [3.8, 4) is 5.88 Å². The molecule has 21 heavy (non-hydrogen) atoms. The molecule has 3 N–H and O–H groups in total. The second kappa shape index (κ2) is 7.45. The number of nitrogens with zero attached hydrogens (tertiary/aromatic N) is 2. The van der Waals surface area contributed by atoms with Gasteiger partial charge < -0.3 is 20.5 Å². The highest BCUT2D eigenvalue weighted by Gasteiger charge is 2.23. The Balaban J connectivity index is 2.10. The van der Waals surface area contributed by atoms with E-state index in [0.717, 1.165) is 6.42 Å². The maximum Gasteiger partial charge on any atom is 0.242 e. The average Bonchev–Trinajstić information content (AvgIpc) is 2.46. The van der Waals surface area contributed by atoms with Crippen LogP contribution in [0.1, 0.15) is 38.4 Å². The van der Waals surface area contributed by atoms with E-state index >= 15 is 0 Å². The molecule has 0 spiro atoms. The number of aryl methyl sites for hydroxylation is 1. The third-order valence-electron chi connectivity index (χ3n) is 3.98. The summed E-state index contributed by atoms with van der Waals surface area (Å²) in [6.45, 7) is 5.05. The molecule has 1 aliphatic carbocycles. The summed E-state index contributed by atoms with van der Waals surface area (Å²) in [7, 11) is 1.63. The molecule has 0 radical (unpaired) electrons. The van der Waals surface area contributed by atoms with Crippen LogP contribution in [0.5, 0.6) is 5.88 Å². The van der Waals surface area contributed by atoms with Gasteiger partial charge in [0.2, 0.25) is 5.88 Å². The zero-order valence-corrected chi connectivity index (χ0v) is 13.2. The van der Waals surface area contributed by atoms with Crippen molar-refractivity contribution in [2.45, 2.75) is 45.6 Å². The Labute approximate surface area is 126 Å². The molecule has 1 aromatic rings. The Hall–Kier alpha value is -1.56. The molecular formula is C15H26N4O2. The minimum Gasteiger partial charge on any atom is -0.474 e. The van der Waals surface area contributed by atoms with Crippen LogP contribution in [0.25, 0.3) is 0 Å². The van der Waals surface area contributed by atoms with E-state index < -0.39 is 0 Å². The van der Waals surface area contributed by atoms with Crippen molar-refractivity contribution in [2.75, 3.05) is 31.4 Å². The van der Waals surface area contributed by atoms with E-state index in [0.29, 0.717) is 48.4 Å². The van der Waals surface area contributed by atoms with Crippen molar-refractivity contribution < 1.29 is 9.47 Å². The third kappa shape index (κ3) is 4.20.